The summed E-state index contributed by atoms with van der Waals surface area (Å²) in [4.78, 5) is 44.9. The summed E-state index contributed by atoms with van der Waals surface area (Å²) >= 11 is 7.35. The number of fused-ring (bicyclic) bond motifs is 2. The van der Waals surface area contributed by atoms with E-state index in [1.807, 2.05) is 6.07 Å². The number of amides is 1. The van der Waals surface area contributed by atoms with Crippen molar-refractivity contribution in [2.24, 2.45) is 0 Å². The number of hydrogen-bond donors (Lipinski definition) is 3. The minimum absolute atomic E-state index is 0.00278. The molecule has 11 heteroatoms. The number of thiazole rings is 1. The van der Waals surface area contributed by atoms with Crippen LogP contribution in [0.3, 0.4) is 0 Å². The molecule has 0 bridgehead atoms. The average molecular weight is 445 g/mol. The van der Waals surface area contributed by atoms with Crippen molar-refractivity contribution in [2.45, 2.75) is 6.54 Å². The molecule has 0 saturated carbocycles. The third-order valence-corrected chi connectivity index (χ3v) is 5.56. The topological polar surface area (TPSA) is 134 Å². The Morgan fingerprint density at radius 3 is 2.83 bits per heavy atom. The number of aromatic nitrogens is 3. The molecular weight excluding hydrogens is 432 g/mol. The lowest BCUT2D eigenvalue weighted by atomic mass is 10.1. The van der Waals surface area contributed by atoms with E-state index in [2.05, 4.69) is 15.3 Å². The number of halogens is 1. The van der Waals surface area contributed by atoms with Crippen molar-refractivity contribution >= 4 is 56.1 Å². The second kappa shape index (κ2) is 7.73. The van der Waals surface area contributed by atoms with Crippen LogP contribution in [0, 0.1) is 0 Å². The highest BCUT2D eigenvalue weighted by atomic mass is 35.5. The van der Waals surface area contributed by atoms with E-state index in [4.69, 9.17) is 16.7 Å². The lowest BCUT2D eigenvalue weighted by Crippen LogP contribution is -2.36. The van der Waals surface area contributed by atoms with E-state index in [0.717, 1.165) is 4.70 Å². The summed E-state index contributed by atoms with van der Waals surface area (Å²) in [5, 5.41) is 22.7. The molecule has 3 heterocycles. The van der Waals surface area contributed by atoms with Gasteiger partial charge in [-0.15, -0.1) is 11.3 Å². The van der Waals surface area contributed by atoms with E-state index in [-0.39, 0.29) is 17.6 Å². The summed E-state index contributed by atoms with van der Waals surface area (Å²) in [5.41, 5.74) is -0.516. The molecule has 30 heavy (non-hydrogen) atoms. The highest BCUT2D eigenvalue weighted by molar-refractivity contribution is 7.18. The van der Waals surface area contributed by atoms with Gasteiger partial charge in [0, 0.05) is 11.2 Å². The maximum atomic E-state index is 13.1. The van der Waals surface area contributed by atoms with Crippen LogP contribution in [-0.2, 0) is 11.3 Å². The van der Waals surface area contributed by atoms with Gasteiger partial charge in [-0.2, -0.15) is 0 Å². The molecule has 0 aliphatic rings. The van der Waals surface area contributed by atoms with Crippen molar-refractivity contribution in [1.29, 1.82) is 0 Å². The molecule has 3 N–H and O–H groups in total. The molecule has 0 aliphatic carbocycles. The molecule has 0 spiro atoms. The quantitative estimate of drug-likeness (QED) is 0.429. The van der Waals surface area contributed by atoms with Gasteiger partial charge in [-0.3, -0.25) is 19.0 Å². The molecule has 0 radical (unpaired) electrons. The predicted octanol–water partition coefficient (Wildman–Crippen LogP) is 2.23. The first-order valence-corrected chi connectivity index (χ1v) is 9.80. The zero-order chi connectivity index (χ0) is 21.4. The number of pyridine rings is 2. The predicted molar refractivity (Wildman–Crippen MR) is 111 cm³/mol. The van der Waals surface area contributed by atoms with Crippen LogP contribution in [-0.4, -0.2) is 43.2 Å². The van der Waals surface area contributed by atoms with Crippen LogP contribution >= 0.6 is 22.9 Å². The standard InChI is InChI=1S/C19H13ClN4O5S/c20-9-3-4-12-11(6-9)23-13(30-12)8-24-17-10(2-1-5-21-17)16(27)15(19(24)29)18(28)22-7-14(25)26/h1-6,27H,7-8H2,(H,22,28)(H,25,26). The summed E-state index contributed by atoms with van der Waals surface area (Å²) in [6, 6.07) is 8.33. The molecule has 9 nitrogen and oxygen atoms in total. The minimum atomic E-state index is -1.28. The summed E-state index contributed by atoms with van der Waals surface area (Å²) in [5.74, 6) is -2.83. The zero-order valence-electron chi connectivity index (χ0n) is 15.1. The molecule has 0 fully saturated rings. The first-order chi connectivity index (χ1) is 14.3. The smallest absolute Gasteiger partial charge is 0.322 e. The summed E-state index contributed by atoms with van der Waals surface area (Å²) < 4.78 is 2.10. The highest BCUT2D eigenvalue weighted by Crippen LogP contribution is 2.28. The van der Waals surface area contributed by atoms with Crippen molar-refractivity contribution in [1.82, 2.24) is 19.9 Å². The fraction of sp³-hybridized carbons (Fsp3) is 0.105. The molecule has 3 aromatic heterocycles. The highest BCUT2D eigenvalue weighted by Gasteiger charge is 2.23. The number of hydrogen-bond acceptors (Lipinski definition) is 7. The Labute approximate surface area is 177 Å². The largest absolute Gasteiger partial charge is 0.506 e. The second-order valence-electron chi connectivity index (χ2n) is 6.29. The van der Waals surface area contributed by atoms with Gasteiger partial charge in [0.05, 0.1) is 22.1 Å². The number of carbonyl (C=O) groups excluding carboxylic acids is 1. The van der Waals surface area contributed by atoms with Crippen molar-refractivity contribution in [3.8, 4) is 5.75 Å². The molecule has 0 atom stereocenters. The number of benzene rings is 1. The average Bonchev–Trinajstić information content (AvgIpc) is 3.11. The summed E-state index contributed by atoms with van der Waals surface area (Å²) in [6.07, 6.45) is 1.46. The van der Waals surface area contributed by atoms with Crippen LogP contribution in [0.5, 0.6) is 5.75 Å². The van der Waals surface area contributed by atoms with Gasteiger partial charge >= 0.3 is 5.97 Å². The number of carboxylic acids is 1. The fourth-order valence-electron chi connectivity index (χ4n) is 3.01. The molecule has 0 unspecified atom stereocenters. The Morgan fingerprint density at radius 1 is 1.27 bits per heavy atom. The van der Waals surface area contributed by atoms with Gasteiger partial charge in [-0.1, -0.05) is 11.6 Å². The van der Waals surface area contributed by atoms with Crippen LogP contribution in [0.1, 0.15) is 15.4 Å². The van der Waals surface area contributed by atoms with Gasteiger partial charge in [0.15, 0.2) is 0 Å². The van der Waals surface area contributed by atoms with Crippen LogP contribution in [0.25, 0.3) is 21.3 Å². The molecule has 0 saturated heterocycles. The van der Waals surface area contributed by atoms with E-state index >= 15 is 0 Å². The third-order valence-electron chi connectivity index (χ3n) is 4.31. The van der Waals surface area contributed by atoms with E-state index in [9.17, 15) is 19.5 Å². The zero-order valence-corrected chi connectivity index (χ0v) is 16.7. The van der Waals surface area contributed by atoms with Gasteiger partial charge in [0.1, 0.15) is 28.5 Å². The molecule has 4 aromatic rings. The Kier molecular flexibility index (Phi) is 5.10. The third kappa shape index (κ3) is 3.58. The van der Waals surface area contributed by atoms with Crippen molar-refractivity contribution in [3.63, 3.8) is 0 Å². The fourth-order valence-corrected chi connectivity index (χ4v) is 4.11. The molecule has 4 rings (SSSR count). The summed E-state index contributed by atoms with van der Waals surface area (Å²) in [7, 11) is 0. The molecule has 1 aromatic carbocycles. The van der Waals surface area contributed by atoms with E-state index < -0.39 is 35.3 Å². The molecular formula is C19H13ClN4O5S. The number of aromatic hydroxyl groups is 1. The van der Waals surface area contributed by atoms with E-state index in [1.54, 1.807) is 18.2 Å². The molecule has 0 aliphatic heterocycles. The van der Waals surface area contributed by atoms with Gasteiger partial charge in [0.25, 0.3) is 11.5 Å². The number of aliphatic carboxylic acids is 1. The lowest BCUT2D eigenvalue weighted by molar-refractivity contribution is -0.135. The monoisotopic (exact) mass is 444 g/mol. The Balaban J connectivity index is 1.86. The number of rotatable bonds is 5. The molecule has 152 valence electrons. The first kappa shape index (κ1) is 19.8. The van der Waals surface area contributed by atoms with Crippen molar-refractivity contribution < 1.29 is 19.8 Å². The number of nitrogens with zero attached hydrogens (tertiary/aromatic N) is 3. The van der Waals surface area contributed by atoms with Crippen molar-refractivity contribution in [2.75, 3.05) is 6.54 Å². The van der Waals surface area contributed by atoms with E-state index in [0.29, 0.717) is 15.5 Å². The normalized spacial score (nSPS) is 11.1. The maximum Gasteiger partial charge on any atom is 0.322 e. The van der Waals surface area contributed by atoms with Gasteiger partial charge < -0.3 is 15.5 Å². The van der Waals surface area contributed by atoms with Crippen LogP contribution < -0.4 is 10.9 Å². The number of carboxylic acid groups (broad SMARTS) is 1. The second-order valence-corrected chi connectivity index (χ2v) is 7.84. The Morgan fingerprint density at radius 2 is 2.07 bits per heavy atom. The SMILES string of the molecule is O=C(O)CNC(=O)c1c(O)c2cccnc2n(Cc2nc3cc(Cl)ccc3s2)c1=O. The number of carbonyl (C=O) groups is 2. The van der Waals surface area contributed by atoms with Crippen LogP contribution in [0.4, 0.5) is 0 Å². The summed E-state index contributed by atoms with van der Waals surface area (Å²) in [6.45, 7) is -0.690. The van der Waals surface area contributed by atoms with Gasteiger partial charge in [-0.25, -0.2) is 9.97 Å². The Bertz CT molecular complexity index is 1380. The van der Waals surface area contributed by atoms with Gasteiger partial charge in [-0.05, 0) is 30.3 Å². The van der Waals surface area contributed by atoms with Crippen molar-refractivity contribution in [3.05, 3.63) is 62.5 Å². The first-order valence-electron chi connectivity index (χ1n) is 8.60. The van der Waals surface area contributed by atoms with Crippen LogP contribution in [0.15, 0.2) is 41.3 Å². The lowest BCUT2D eigenvalue weighted by Gasteiger charge is -2.13. The number of nitrogens with one attached hydrogen (secondary N) is 1. The van der Waals surface area contributed by atoms with E-state index in [1.165, 1.54) is 28.2 Å². The maximum absolute atomic E-state index is 13.1. The van der Waals surface area contributed by atoms with Gasteiger partial charge in [0.2, 0.25) is 0 Å². The van der Waals surface area contributed by atoms with Crippen LogP contribution in [0.2, 0.25) is 5.02 Å². The Hall–Kier alpha value is -3.50. The minimum Gasteiger partial charge on any atom is -0.506 e. The molecule has 1 amide bonds.